The average Bonchev–Trinajstić information content (AvgIpc) is 2.41. The summed E-state index contributed by atoms with van der Waals surface area (Å²) in [6.45, 7) is 8.71. The summed E-state index contributed by atoms with van der Waals surface area (Å²) in [5.74, 6) is 0. The molecule has 2 N–H and O–H groups in total. The largest absolute Gasteiger partial charge is 0.381 e. The van der Waals surface area contributed by atoms with Gasteiger partial charge < -0.3 is 20.1 Å². The molecule has 4 nitrogen and oxygen atoms in total. The monoisotopic (exact) mass is 256 g/mol. The Balaban J connectivity index is 1.86. The minimum Gasteiger partial charge on any atom is -0.381 e. The second-order valence-corrected chi connectivity index (χ2v) is 5.81. The predicted molar refractivity (Wildman–Crippen MR) is 72.6 cm³/mol. The van der Waals surface area contributed by atoms with Gasteiger partial charge in [0.05, 0.1) is 12.7 Å². The lowest BCUT2D eigenvalue weighted by Gasteiger charge is -2.42. The summed E-state index contributed by atoms with van der Waals surface area (Å²) in [5, 5.41) is 0. The molecule has 0 bridgehead atoms. The Morgan fingerprint density at radius 3 is 3.00 bits per heavy atom. The molecule has 0 aromatic rings. The summed E-state index contributed by atoms with van der Waals surface area (Å²) in [5.41, 5.74) is 6.20. The molecule has 2 heterocycles. The van der Waals surface area contributed by atoms with Crippen LogP contribution in [-0.2, 0) is 9.47 Å². The summed E-state index contributed by atoms with van der Waals surface area (Å²) in [6, 6.07) is 0. The molecule has 0 spiro atoms. The lowest BCUT2D eigenvalue weighted by atomic mass is 9.81. The van der Waals surface area contributed by atoms with Crippen LogP contribution in [0.5, 0.6) is 0 Å². The van der Waals surface area contributed by atoms with Gasteiger partial charge in [0.25, 0.3) is 0 Å². The lowest BCUT2D eigenvalue weighted by Crippen LogP contribution is -2.51. The van der Waals surface area contributed by atoms with Crippen molar-refractivity contribution in [2.45, 2.75) is 38.7 Å². The number of piperidine rings is 1. The van der Waals surface area contributed by atoms with Crippen molar-refractivity contribution in [1.82, 2.24) is 4.90 Å². The van der Waals surface area contributed by atoms with Crippen LogP contribution in [0.25, 0.3) is 0 Å². The number of hydrogen-bond donors (Lipinski definition) is 1. The van der Waals surface area contributed by atoms with Crippen LogP contribution in [0.2, 0.25) is 0 Å². The van der Waals surface area contributed by atoms with E-state index in [1.165, 1.54) is 25.8 Å². The van der Waals surface area contributed by atoms with E-state index in [0.717, 1.165) is 45.9 Å². The Kier molecular flexibility index (Phi) is 5.42. The molecule has 2 aliphatic rings. The molecule has 0 saturated carbocycles. The Hall–Kier alpha value is -0.160. The van der Waals surface area contributed by atoms with E-state index in [9.17, 15) is 0 Å². The van der Waals surface area contributed by atoms with Crippen LogP contribution in [0.15, 0.2) is 0 Å². The van der Waals surface area contributed by atoms with Crippen LogP contribution < -0.4 is 5.73 Å². The lowest BCUT2D eigenvalue weighted by molar-refractivity contribution is -0.0458. The fourth-order valence-electron chi connectivity index (χ4n) is 3.26. The Morgan fingerprint density at radius 2 is 2.33 bits per heavy atom. The number of nitrogens with zero attached hydrogens (tertiary/aromatic N) is 1. The van der Waals surface area contributed by atoms with Gasteiger partial charge in [-0.25, -0.2) is 0 Å². The maximum absolute atomic E-state index is 6.01. The Labute approximate surface area is 111 Å². The van der Waals surface area contributed by atoms with Gasteiger partial charge in [0.15, 0.2) is 0 Å². The third-order valence-corrected chi connectivity index (χ3v) is 4.26. The zero-order valence-electron chi connectivity index (χ0n) is 11.7. The average molecular weight is 256 g/mol. The predicted octanol–water partition coefficient (Wildman–Crippen LogP) is 1.24. The van der Waals surface area contributed by atoms with Crippen LogP contribution in [0.4, 0.5) is 0 Å². The zero-order valence-corrected chi connectivity index (χ0v) is 11.7. The zero-order chi connectivity index (χ0) is 12.8. The van der Waals surface area contributed by atoms with Gasteiger partial charge in [-0.05, 0) is 39.2 Å². The topological polar surface area (TPSA) is 47.7 Å². The molecule has 2 aliphatic heterocycles. The van der Waals surface area contributed by atoms with Gasteiger partial charge in [-0.15, -0.1) is 0 Å². The maximum atomic E-state index is 6.01. The molecule has 106 valence electrons. The van der Waals surface area contributed by atoms with Crippen molar-refractivity contribution in [2.75, 3.05) is 46.0 Å². The van der Waals surface area contributed by atoms with E-state index in [2.05, 4.69) is 11.8 Å². The molecule has 2 unspecified atom stereocenters. The molecule has 0 amide bonds. The number of likely N-dealkylation sites (tertiary alicyclic amines) is 1. The second-order valence-electron chi connectivity index (χ2n) is 5.81. The first-order valence-electron chi connectivity index (χ1n) is 7.40. The quantitative estimate of drug-likeness (QED) is 0.804. The number of rotatable bonds is 5. The number of nitrogens with two attached hydrogens (primary N) is 1. The molecular formula is C14H28N2O2. The first-order chi connectivity index (χ1) is 8.78. The van der Waals surface area contributed by atoms with Gasteiger partial charge in [0.2, 0.25) is 0 Å². The van der Waals surface area contributed by atoms with Crippen LogP contribution >= 0.6 is 0 Å². The molecule has 2 rings (SSSR count). The highest BCUT2D eigenvalue weighted by molar-refractivity contribution is 4.88. The first kappa shape index (κ1) is 14.3. The van der Waals surface area contributed by atoms with Crippen molar-refractivity contribution in [2.24, 2.45) is 11.1 Å². The summed E-state index contributed by atoms with van der Waals surface area (Å²) in [6.07, 6.45) is 5.23. The van der Waals surface area contributed by atoms with Gasteiger partial charge >= 0.3 is 0 Å². The molecule has 4 heteroatoms. The van der Waals surface area contributed by atoms with Gasteiger partial charge in [0.1, 0.15) is 0 Å². The van der Waals surface area contributed by atoms with E-state index in [-0.39, 0.29) is 5.41 Å². The molecular weight excluding hydrogens is 228 g/mol. The van der Waals surface area contributed by atoms with Crippen molar-refractivity contribution in [1.29, 1.82) is 0 Å². The normalized spacial score (nSPS) is 34.7. The van der Waals surface area contributed by atoms with Gasteiger partial charge in [-0.1, -0.05) is 0 Å². The van der Waals surface area contributed by atoms with Crippen molar-refractivity contribution >= 4 is 0 Å². The van der Waals surface area contributed by atoms with Crippen molar-refractivity contribution in [3.63, 3.8) is 0 Å². The highest BCUT2D eigenvalue weighted by atomic mass is 16.5. The van der Waals surface area contributed by atoms with E-state index in [0.29, 0.717) is 6.10 Å². The van der Waals surface area contributed by atoms with E-state index in [4.69, 9.17) is 15.2 Å². The summed E-state index contributed by atoms with van der Waals surface area (Å²) in [7, 11) is 0. The molecule has 0 aromatic heterocycles. The number of hydrogen-bond acceptors (Lipinski definition) is 4. The Bertz CT molecular complexity index is 240. The first-order valence-corrected chi connectivity index (χ1v) is 7.40. The third kappa shape index (κ3) is 3.67. The van der Waals surface area contributed by atoms with Crippen molar-refractivity contribution in [3.8, 4) is 0 Å². The summed E-state index contributed by atoms with van der Waals surface area (Å²) >= 11 is 0. The molecule has 0 aromatic carbocycles. The Morgan fingerprint density at radius 1 is 1.44 bits per heavy atom. The molecule has 2 fully saturated rings. The van der Waals surface area contributed by atoms with Crippen LogP contribution in [0.1, 0.15) is 32.6 Å². The van der Waals surface area contributed by atoms with Gasteiger partial charge in [0, 0.05) is 38.3 Å². The van der Waals surface area contributed by atoms with E-state index in [1.54, 1.807) is 0 Å². The van der Waals surface area contributed by atoms with Crippen LogP contribution in [0.3, 0.4) is 0 Å². The van der Waals surface area contributed by atoms with Crippen LogP contribution in [0, 0.1) is 5.41 Å². The van der Waals surface area contributed by atoms with Crippen LogP contribution in [-0.4, -0.2) is 57.0 Å². The number of ether oxygens (including phenoxy) is 2. The van der Waals surface area contributed by atoms with Crippen molar-refractivity contribution < 1.29 is 9.47 Å². The minimum absolute atomic E-state index is 0.187. The SMILES string of the molecule is CCOC1CCCN(CC2(CN)CCCOC2)C1. The molecule has 0 aliphatic carbocycles. The minimum atomic E-state index is 0.187. The van der Waals surface area contributed by atoms with Gasteiger partial charge in [-0.3, -0.25) is 0 Å². The van der Waals surface area contributed by atoms with E-state index in [1.807, 2.05) is 0 Å². The van der Waals surface area contributed by atoms with E-state index >= 15 is 0 Å². The van der Waals surface area contributed by atoms with Crippen molar-refractivity contribution in [3.05, 3.63) is 0 Å². The van der Waals surface area contributed by atoms with Gasteiger partial charge in [-0.2, -0.15) is 0 Å². The highest BCUT2D eigenvalue weighted by Crippen LogP contribution is 2.29. The highest BCUT2D eigenvalue weighted by Gasteiger charge is 2.34. The molecule has 0 radical (unpaired) electrons. The second kappa shape index (κ2) is 6.85. The molecule has 2 saturated heterocycles. The third-order valence-electron chi connectivity index (χ3n) is 4.26. The van der Waals surface area contributed by atoms with E-state index < -0.39 is 0 Å². The standard InChI is InChI=1S/C14H28N2O2/c1-2-18-13-5-3-7-16(9-13)11-14(10-15)6-4-8-17-12-14/h13H,2-12,15H2,1H3. The smallest absolute Gasteiger partial charge is 0.0702 e. The molecule has 18 heavy (non-hydrogen) atoms. The summed E-state index contributed by atoms with van der Waals surface area (Å²) in [4.78, 5) is 2.53. The summed E-state index contributed by atoms with van der Waals surface area (Å²) < 4.78 is 11.4. The fraction of sp³-hybridized carbons (Fsp3) is 1.00. The molecule has 2 atom stereocenters. The fourth-order valence-corrected chi connectivity index (χ4v) is 3.26. The maximum Gasteiger partial charge on any atom is 0.0702 e.